The summed E-state index contributed by atoms with van der Waals surface area (Å²) in [7, 11) is 0. The topological polar surface area (TPSA) is 46.3 Å². The zero-order valence-electron chi connectivity index (χ0n) is 9.72. The van der Waals surface area contributed by atoms with Crippen LogP contribution in [0.5, 0.6) is 0 Å². The number of hydrogen-bond donors (Lipinski definition) is 1. The quantitative estimate of drug-likeness (QED) is 0.783. The van der Waals surface area contributed by atoms with Crippen LogP contribution in [0.4, 0.5) is 0 Å². The van der Waals surface area contributed by atoms with E-state index < -0.39 is 0 Å². The highest BCUT2D eigenvalue weighted by molar-refractivity contribution is 8.00. The summed E-state index contributed by atoms with van der Waals surface area (Å²) >= 11 is 2.05. The highest BCUT2D eigenvalue weighted by Gasteiger charge is 2.36. The Bertz CT molecular complexity index is 248. The highest BCUT2D eigenvalue weighted by Crippen LogP contribution is 2.35. The van der Waals surface area contributed by atoms with Gasteiger partial charge in [0.15, 0.2) is 0 Å². The lowest BCUT2D eigenvalue weighted by molar-refractivity contribution is -0.135. The molecule has 1 aliphatic heterocycles. The van der Waals surface area contributed by atoms with Gasteiger partial charge in [0, 0.05) is 23.6 Å². The van der Waals surface area contributed by atoms with Crippen molar-refractivity contribution < 1.29 is 4.79 Å². The summed E-state index contributed by atoms with van der Waals surface area (Å²) in [6.07, 6.45) is 5.05. The molecule has 5 heteroatoms. The van der Waals surface area contributed by atoms with Crippen molar-refractivity contribution in [3.8, 4) is 0 Å². The summed E-state index contributed by atoms with van der Waals surface area (Å²) in [5, 5.41) is 0.676. The summed E-state index contributed by atoms with van der Waals surface area (Å²) in [6, 6.07) is 0.131. The number of halogens is 1. The molecule has 0 bridgehead atoms. The van der Waals surface area contributed by atoms with Gasteiger partial charge in [0.2, 0.25) is 5.91 Å². The minimum absolute atomic E-state index is 0. The van der Waals surface area contributed by atoms with Crippen LogP contribution in [-0.2, 0) is 4.79 Å². The number of nitrogens with zero attached hydrogens (tertiary/aromatic N) is 1. The van der Waals surface area contributed by atoms with Gasteiger partial charge in [-0.1, -0.05) is 12.8 Å². The molecule has 1 aliphatic carbocycles. The maximum absolute atomic E-state index is 11.9. The van der Waals surface area contributed by atoms with Crippen LogP contribution >= 0.6 is 24.2 Å². The van der Waals surface area contributed by atoms with Crippen molar-refractivity contribution in [2.24, 2.45) is 5.73 Å². The Kier molecular flexibility index (Phi) is 5.41. The fourth-order valence-corrected chi connectivity index (χ4v) is 4.08. The fourth-order valence-electron chi connectivity index (χ4n) is 2.63. The molecule has 94 valence electrons. The molecule has 2 N–H and O–H groups in total. The van der Waals surface area contributed by atoms with E-state index in [1.807, 2.05) is 16.7 Å². The van der Waals surface area contributed by atoms with Gasteiger partial charge < -0.3 is 10.6 Å². The van der Waals surface area contributed by atoms with Crippen LogP contribution in [0.15, 0.2) is 0 Å². The third kappa shape index (κ3) is 2.84. The van der Waals surface area contributed by atoms with Crippen molar-refractivity contribution in [3.05, 3.63) is 0 Å². The van der Waals surface area contributed by atoms with Crippen LogP contribution < -0.4 is 5.73 Å². The Labute approximate surface area is 108 Å². The number of nitrogens with two attached hydrogens (primary N) is 1. The second-order valence-corrected chi connectivity index (χ2v) is 5.93. The number of fused-ring (bicyclic) bond motifs is 1. The summed E-state index contributed by atoms with van der Waals surface area (Å²) in [5.41, 5.74) is 5.69. The van der Waals surface area contributed by atoms with Crippen LogP contribution in [0.1, 0.15) is 32.6 Å². The molecule has 1 saturated heterocycles. The van der Waals surface area contributed by atoms with Crippen molar-refractivity contribution >= 4 is 30.1 Å². The number of amides is 1. The molecular weight excluding hydrogens is 244 g/mol. The second kappa shape index (κ2) is 6.12. The molecule has 16 heavy (non-hydrogen) atoms. The summed E-state index contributed by atoms with van der Waals surface area (Å²) < 4.78 is 0. The van der Waals surface area contributed by atoms with Gasteiger partial charge in [-0.3, -0.25) is 4.79 Å². The van der Waals surface area contributed by atoms with Crippen LogP contribution in [0.2, 0.25) is 0 Å². The summed E-state index contributed by atoms with van der Waals surface area (Å²) in [5.74, 6) is 1.23. The number of rotatable bonds is 1. The van der Waals surface area contributed by atoms with Gasteiger partial charge in [-0.05, 0) is 19.8 Å². The normalized spacial score (nSPS) is 31.2. The lowest BCUT2D eigenvalue weighted by atomic mass is 9.93. The zero-order chi connectivity index (χ0) is 10.8. The number of carbonyl (C=O) groups is 1. The van der Waals surface area contributed by atoms with Gasteiger partial charge in [-0.2, -0.15) is 11.8 Å². The van der Waals surface area contributed by atoms with Gasteiger partial charge in [0.05, 0.1) is 6.04 Å². The maximum atomic E-state index is 11.9. The van der Waals surface area contributed by atoms with Crippen molar-refractivity contribution in [2.75, 3.05) is 12.3 Å². The van der Waals surface area contributed by atoms with Crippen LogP contribution in [0, 0.1) is 0 Å². The molecule has 2 fully saturated rings. The third-order valence-corrected chi connectivity index (χ3v) is 4.80. The fraction of sp³-hybridized carbons (Fsp3) is 0.909. The lowest BCUT2D eigenvalue weighted by Gasteiger charge is -2.44. The van der Waals surface area contributed by atoms with Gasteiger partial charge in [-0.25, -0.2) is 0 Å². The Hall–Kier alpha value is 0.0700. The molecular formula is C11H21ClN2OS. The molecule has 1 amide bonds. The van der Waals surface area contributed by atoms with Gasteiger partial charge in [0.1, 0.15) is 0 Å². The minimum atomic E-state index is -0.337. The standard InChI is InChI=1S/C11H20N2OS.ClH/c1-8(12)11(14)13-6-7-15-10-5-3-2-4-9(10)13;/h8-10H,2-7,12H2,1H3;1H/t8-,9?,10?;/m1./s1. The molecule has 0 aromatic heterocycles. The van der Waals surface area contributed by atoms with Crippen molar-refractivity contribution in [3.63, 3.8) is 0 Å². The Morgan fingerprint density at radius 2 is 2.12 bits per heavy atom. The molecule has 2 aliphatic rings. The molecule has 3 atom stereocenters. The average molecular weight is 265 g/mol. The smallest absolute Gasteiger partial charge is 0.239 e. The van der Waals surface area contributed by atoms with E-state index in [-0.39, 0.29) is 24.4 Å². The van der Waals surface area contributed by atoms with Gasteiger partial charge in [0.25, 0.3) is 0 Å². The second-order valence-electron chi connectivity index (χ2n) is 4.58. The van der Waals surface area contributed by atoms with E-state index in [9.17, 15) is 4.79 Å². The highest BCUT2D eigenvalue weighted by atomic mass is 35.5. The van der Waals surface area contributed by atoms with E-state index in [0.29, 0.717) is 11.3 Å². The van der Waals surface area contributed by atoms with Crippen molar-refractivity contribution in [1.29, 1.82) is 0 Å². The van der Waals surface area contributed by atoms with Crippen molar-refractivity contribution in [2.45, 2.75) is 49.9 Å². The third-order valence-electron chi connectivity index (χ3n) is 3.40. The first-order valence-corrected chi connectivity index (χ1v) is 6.92. The van der Waals surface area contributed by atoms with E-state index in [1.54, 1.807) is 6.92 Å². The predicted molar refractivity (Wildman–Crippen MR) is 71.1 cm³/mol. The summed E-state index contributed by atoms with van der Waals surface area (Å²) in [6.45, 7) is 2.69. The van der Waals surface area contributed by atoms with Crippen LogP contribution in [-0.4, -0.2) is 40.4 Å². The van der Waals surface area contributed by atoms with E-state index in [1.165, 1.54) is 25.7 Å². The van der Waals surface area contributed by atoms with E-state index in [2.05, 4.69) is 0 Å². The molecule has 1 heterocycles. The zero-order valence-corrected chi connectivity index (χ0v) is 11.4. The van der Waals surface area contributed by atoms with Crippen LogP contribution in [0.25, 0.3) is 0 Å². The first kappa shape index (κ1) is 14.1. The maximum Gasteiger partial charge on any atom is 0.239 e. The molecule has 0 aromatic rings. The Morgan fingerprint density at radius 3 is 2.81 bits per heavy atom. The van der Waals surface area contributed by atoms with Gasteiger partial charge >= 0.3 is 0 Å². The molecule has 0 radical (unpaired) electrons. The minimum Gasteiger partial charge on any atom is -0.336 e. The number of carbonyl (C=O) groups excluding carboxylic acids is 1. The van der Waals surface area contributed by atoms with Crippen molar-refractivity contribution in [1.82, 2.24) is 4.90 Å². The Morgan fingerprint density at radius 1 is 1.44 bits per heavy atom. The summed E-state index contributed by atoms with van der Waals surface area (Å²) in [4.78, 5) is 14.0. The monoisotopic (exact) mass is 264 g/mol. The molecule has 1 saturated carbocycles. The average Bonchev–Trinajstić information content (AvgIpc) is 2.27. The Balaban J connectivity index is 0.00000128. The predicted octanol–water partition coefficient (Wildman–Crippen LogP) is 1.64. The van der Waals surface area contributed by atoms with Gasteiger partial charge in [-0.15, -0.1) is 12.4 Å². The first-order chi connectivity index (χ1) is 7.20. The van der Waals surface area contributed by atoms with E-state index in [4.69, 9.17) is 5.73 Å². The molecule has 0 aromatic carbocycles. The first-order valence-electron chi connectivity index (χ1n) is 5.88. The number of thioether (sulfide) groups is 1. The molecule has 2 unspecified atom stereocenters. The van der Waals surface area contributed by atoms with Crippen LogP contribution in [0.3, 0.4) is 0 Å². The molecule has 0 spiro atoms. The SMILES string of the molecule is C[C@@H](N)C(=O)N1CCSC2CCCCC21.Cl. The largest absolute Gasteiger partial charge is 0.336 e. The van der Waals surface area contributed by atoms with E-state index in [0.717, 1.165) is 12.3 Å². The van der Waals surface area contributed by atoms with E-state index >= 15 is 0 Å². The molecule has 2 rings (SSSR count). The molecule has 3 nitrogen and oxygen atoms in total. The lowest BCUT2D eigenvalue weighted by Crippen LogP contribution is -2.55. The number of hydrogen-bond acceptors (Lipinski definition) is 3.